The number of nitrogens with zero attached hydrogens (tertiary/aromatic N) is 4. The zero-order valence-electron chi connectivity index (χ0n) is 16.4. The van der Waals surface area contributed by atoms with E-state index in [1.165, 1.54) is 6.33 Å². The number of aromatic nitrogens is 4. The molecule has 0 radical (unpaired) electrons. The van der Waals surface area contributed by atoms with Crippen LogP contribution in [-0.4, -0.2) is 73.9 Å². The van der Waals surface area contributed by atoms with E-state index in [4.69, 9.17) is 30.5 Å². The number of ether oxygens (including phenoxy) is 4. The van der Waals surface area contributed by atoms with Gasteiger partial charge in [0.15, 0.2) is 35.1 Å². The summed E-state index contributed by atoms with van der Waals surface area (Å²) < 4.78 is 24.6. The molecule has 0 unspecified atom stereocenters. The monoisotopic (exact) mass is 439 g/mol. The summed E-state index contributed by atoms with van der Waals surface area (Å²) in [6, 6.07) is 0.189. The first-order valence-corrected chi connectivity index (χ1v) is 10.2. The number of carbonyl (C=O) groups is 1. The highest BCUT2D eigenvalue weighted by molar-refractivity contribution is 6.28. The first-order valence-electron chi connectivity index (χ1n) is 9.81. The van der Waals surface area contributed by atoms with Crippen molar-refractivity contribution in [3.05, 3.63) is 11.6 Å². The van der Waals surface area contributed by atoms with Crippen molar-refractivity contribution in [3.63, 3.8) is 0 Å². The standard InChI is InChI=1S/C18H22ClN5O6/c1-18(2)29-10-11(30-18)15(28-12(10)16(25)26)24-7-20-9-13(22-17(19)23-14(9)24)21-8-3-5-27-6-4-8/h7-8,10-12,15H,3-6H2,1-2H3,(H,25,26)(H,21,22,23)/t10-,11+,12-,15+/m0/s1. The van der Waals surface area contributed by atoms with Crippen molar-refractivity contribution >= 4 is 34.6 Å². The Bertz CT molecular complexity index is 977. The predicted octanol–water partition coefficient (Wildman–Crippen LogP) is 1.57. The lowest BCUT2D eigenvalue weighted by atomic mass is 10.1. The maximum absolute atomic E-state index is 11.7. The molecule has 0 aromatic carbocycles. The summed E-state index contributed by atoms with van der Waals surface area (Å²) in [5.74, 6) is -1.53. The highest BCUT2D eigenvalue weighted by atomic mass is 35.5. The minimum Gasteiger partial charge on any atom is -0.479 e. The van der Waals surface area contributed by atoms with E-state index in [1.807, 2.05) is 0 Å². The van der Waals surface area contributed by atoms with Crippen molar-refractivity contribution in [2.24, 2.45) is 0 Å². The van der Waals surface area contributed by atoms with Crippen LogP contribution < -0.4 is 5.32 Å². The van der Waals surface area contributed by atoms with Gasteiger partial charge in [0.1, 0.15) is 12.2 Å². The van der Waals surface area contributed by atoms with E-state index in [0.717, 1.165) is 12.8 Å². The Balaban J connectivity index is 1.51. The number of carboxylic acid groups (broad SMARTS) is 1. The van der Waals surface area contributed by atoms with Crippen molar-refractivity contribution in [3.8, 4) is 0 Å². The maximum Gasteiger partial charge on any atom is 0.335 e. The van der Waals surface area contributed by atoms with Gasteiger partial charge >= 0.3 is 5.97 Å². The minimum atomic E-state index is -1.17. The molecule has 3 aliphatic rings. The molecule has 12 heteroatoms. The van der Waals surface area contributed by atoms with Gasteiger partial charge in [-0.15, -0.1) is 0 Å². The van der Waals surface area contributed by atoms with Crippen LogP contribution in [0.5, 0.6) is 0 Å². The third-order valence-corrected chi connectivity index (χ3v) is 5.67. The van der Waals surface area contributed by atoms with Crippen LogP contribution in [0.4, 0.5) is 5.82 Å². The smallest absolute Gasteiger partial charge is 0.335 e. The third-order valence-electron chi connectivity index (χ3n) is 5.50. The molecule has 0 amide bonds. The average Bonchev–Trinajstić information content (AvgIpc) is 3.33. The lowest BCUT2D eigenvalue weighted by molar-refractivity contribution is -0.202. The number of hydrogen-bond donors (Lipinski definition) is 2. The highest BCUT2D eigenvalue weighted by Crippen LogP contribution is 2.44. The number of aliphatic carboxylic acids is 1. The van der Waals surface area contributed by atoms with Gasteiger partial charge in [0, 0.05) is 19.3 Å². The summed E-state index contributed by atoms with van der Waals surface area (Å²) in [5.41, 5.74) is 0.940. The van der Waals surface area contributed by atoms with Crippen molar-refractivity contribution in [1.82, 2.24) is 19.5 Å². The van der Waals surface area contributed by atoms with Gasteiger partial charge < -0.3 is 29.4 Å². The zero-order chi connectivity index (χ0) is 21.0. The van der Waals surface area contributed by atoms with E-state index in [1.54, 1.807) is 18.4 Å². The van der Waals surface area contributed by atoms with E-state index in [-0.39, 0.29) is 11.3 Å². The summed E-state index contributed by atoms with van der Waals surface area (Å²) >= 11 is 6.19. The predicted molar refractivity (Wildman–Crippen MR) is 103 cm³/mol. The number of anilines is 1. The van der Waals surface area contributed by atoms with Crippen LogP contribution in [0.15, 0.2) is 6.33 Å². The third kappa shape index (κ3) is 3.40. The van der Waals surface area contributed by atoms with Crippen LogP contribution in [-0.2, 0) is 23.7 Å². The lowest BCUT2D eigenvalue weighted by Gasteiger charge is -2.24. The number of imidazole rings is 1. The number of hydrogen-bond acceptors (Lipinski definition) is 9. The van der Waals surface area contributed by atoms with Gasteiger partial charge in [-0.2, -0.15) is 9.97 Å². The molecule has 30 heavy (non-hydrogen) atoms. The summed E-state index contributed by atoms with van der Waals surface area (Å²) in [5, 5.41) is 13.0. The zero-order valence-corrected chi connectivity index (χ0v) is 17.2. The molecule has 3 aliphatic heterocycles. The molecule has 2 N–H and O–H groups in total. The van der Waals surface area contributed by atoms with Crippen molar-refractivity contribution in [1.29, 1.82) is 0 Å². The fourth-order valence-electron chi connectivity index (χ4n) is 4.21. The molecule has 5 rings (SSSR count). The van der Waals surface area contributed by atoms with E-state index >= 15 is 0 Å². The molecule has 0 aliphatic carbocycles. The van der Waals surface area contributed by atoms with Gasteiger partial charge in [-0.25, -0.2) is 9.78 Å². The number of nitrogens with one attached hydrogen (secondary N) is 1. The molecular formula is C18H22ClN5O6. The molecule has 2 aromatic rings. The van der Waals surface area contributed by atoms with Crippen LogP contribution >= 0.6 is 11.6 Å². The molecule has 0 bridgehead atoms. The molecule has 3 saturated heterocycles. The molecular weight excluding hydrogens is 418 g/mol. The van der Waals surface area contributed by atoms with Gasteiger partial charge in [0.25, 0.3) is 0 Å². The van der Waals surface area contributed by atoms with Gasteiger partial charge in [-0.3, -0.25) is 4.57 Å². The van der Waals surface area contributed by atoms with E-state index in [0.29, 0.717) is 30.2 Å². The summed E-state index contributed by atoms with van der Waals surface area (Å²) in [4.78, 5) is 24.8. The Morgan fingerprint density at radius 2 is 2.00 bits per heavy atom. The Kier molecular flexibility index (Phi) is 4.82. The van der Waals surface area contributed by atoms with Gasteiger partial charge in [0.05, 0.1) is 6.33 Å². The van der Waals surface area contributed by atoms with Crippen LogP contribution in [0.3, 0.4) is 0 Å². The Hall–Kier alpha value is -2.05. The molecule has 3 fully saturated rings. The van der Waals surface area contributed by atoms with Crippen molar-refractivity contribution in [2.75, 3.05) is 18.5 Å². The number of halogens is 1. The fraction of sp³-hybridized carbons (Fsp3) is 0.667. The first kappa shape index (κ1) is 19.9. The van der Waals surface area contributed by atoms with Crippen molar-refractivity contribution in [2.45, 2.75) is 63.1 Å². The number of rotatable bonds is 4. The highest BCUT2D eigenvalue weighted by Gasteiger charge is 2.58. The molecule has 5 heterocycles. The largest absolute Gasteiger partial charge is 0.479 e. The molecule has 4 atom stereocenters. The van der Waals surface area contributed by atoms with Crippen LogP contribution in [0.1, 0.15) is 32.9 Å². The van der Waals surface area contributed by atoms with Crippen molar-refractivity contribution < 1.29 is 28.8 Å². The first-order chi connectivity index (χ1) is 14.3. The molecule has 11 nitrogen and oxygen atoms in total. The maximum atomic E-state index is 11.7. The second kappa shape index (κ2) is 7.27. The quantitative estimate of drug-likeness (QED) is 0.677. The minimum absolute atomic E-state index is 0.0482. The van der Waals surface area contributed by atoms with Gasteiger partial charge in [-0.1, -0.05) is 0 Å². The van der Waals surface area contributed by atoms with Crippen LogP contribution in [0.25, 0.3) is 11.2 Å². The number of carboxylic acids is 1. The Morgan fingerprint density at radius 1 is 1.27 bits per heavy atom. The number of fused-ring (bicyclic) bond motifs is 2. The van der Waals surface area contributed by atoms with Gasteiger partial charge in [-0.05, 0) is 38.3 Å². The lowest BCUT2D eigenvalue weighted by Crippen LogP contribution is -2.35. The summed E-state index contributed by atoms with van der Waals surface area (Å²) in [7, 11) is 0. The van der Waals surface area contributed by atoms with Crippen LogP contribution in [0.2, 0.25) is 5.28 Å². The second-order valence-corrected chi connectivity index (χ2v) is 8.38. The molecule has 162 valence electrons. The molecule has 0 saturated carbocycles. The normalized spacial score (nSPS) is 31.2. The average molecular weight is 440 g/mol. The molecule has 2 aromatic heterocycles. The second-order valence-electron chi connectivity index (χ2n) is 8.05. The Morgan fingerprint density at radius 3 is 2.73 bits per heavy atom. The Labute approximate surface area is 176 Å². The summed E-state index contributed by atoms with van der Waals surface area (Å²) in [6.07, 6.45) is -0.122. The summed E-state index contributed by atoms with van der Waals surface area (Å²) in [6.45, 7) is 4.83. The SMILES string of the molecule is CC1(C)O[C@@H]2[C@H](O1)[C@@H](C(=O)O)O[C@H]2n1cnc2c(NC3CCOCC3)nc(Cl)nc21. The van der Waals surface area contributed by atoms with Crippen LogP contribution in [0, 0.1) is 0 Å². The fourth-order valence-corrected chi connectivity index (χ4v) is 4.38. The van der Waals surface area contributed by atoms with E-state index in [9.17, 15) is 9.90 Å². The van der Waals surface area contributed by atoms with Gasteiger partial charge in [0.2, 0.25) is 5.28 Å². The van der Waals surface area contributed by atoms with E-state index < -0.39 is 36.3 Å². The topological polar surface area (TPSA) is 130 Å². The van der Waals surface area contributed by atoms with E-state index in [2.05, 4.69) is 20.3 Å². The molecule has 0 spiro atoms.